The quantitative estimate of drug-likeness (QED) is 0.635. The van der Waals surface area contributed by atoms with Gasteiger partial charge >= 0.3 is 0 Å². The van der Waals surface area contributed by atoms with Crippen molar-refractivity contribution in [3.05, 3.63) is 53.3 Å². The van der Waals surface area contributed by atoms with Crippen molar-refractivity contribution >= 4 is 0 Å². The van der Waals surface area contributed by atoms with Crippen molar-refractivity contribution in [1.29, 1.82) is 0 Å². The summed E-state index contributed by atoms with van der Waals surface area (Å²) in [5.41, 5.74) is 6.99. The third kappa shape index (κ3) is 1.83. The first kappa shape index (κ1) is 11.4. The van der Waals surface area contributed by atoms with Crippen molar-refractivity contribution in [2.24, 2.45) is 12.9 Å². The van der Waals surface area contributed by atoms with Gasteiger partial charge in [-0.25, -0.2) is 0 Å². The second-order valence-electron chi connectivity index (χ2n) is 4.94. The summed E-state index contributed by atoms with van der Waals surface area (Å²) in [4.78, 5) is 0. The van der Waals surface area contributed by atoms with Crippen molar-refractivity contribution < 1.29 is 0 Å². The molecule has 1 aliphatic rings. The molecule has 0 radical (unpaired) electrons. The summed E-state index contributed by atoms with van der Waals surface area (Å²) < 4.78 is 1.82. The summed E-state index contributed by atoms with van der Waals surface area (Å²) in [5.74, 6) is 6.20. The van der Waals surface area contributed by atoms with Crippen molar-refractivity contribution in [2.45, 2.75) is 24.8 Å². The van der Waals surface area contributed by atoms with Gasteiger partial charge in [-0.2, -0.15) is 5.10 Å². The molecule has 0 spiro atoms. The molecule has 1 aromatic heterocycles. The van der Waals surface area contributed by atoms with E-state index < -0.39 is 0 Å². The van der Waals surface area contributed by atoms with Crippen molar-refractivity contribution in [2.75, 3.05) is 0 Å². The van der Waals surface area contributed by atoms with Crippen LogP contribution in [0.25, 0.3) is 0 Å². The molecule has 0 saturated carbocycles. The lowest BCUT2D eigenvalue weighted by atomic mass is 9.90. The Morgan fingerprint density at radius 1 is 1.44 bits per heavy atom. The van der Waals surface area contributed by atoms with Gasteiger partial charge in [0.05, 0.1) is 12.2 Å². The lowest BCUT2D eigenvalue weighted by molar-refractivity contribution is 0.452. The fraction of sp³-hybridized carbons (Fsp3) is 0.357. The summed E-state index contributed by atoms with van der Waals surface area (Å²) >= 11 is 0. The van der Waals surface area contributed by atoms with E-state index in [2.05, 4.69) is 34.8 Å². The molecule has 2 unspecified atom stereocenters. The van der Waals surface area contributed by atoms with E-state index in [4.69, 9.17) is 5.84 Å². The fourth-order valence-electron chi connectivity index (χ4n) is 2.98. The molecule has 2 atom stereocenters. The van der Waals surface area contributed by atoms with E-state index in [0.717, 1.165) is 18.4 Å². The number of hydrazine groups is 1. The first-order valence-electron chi connectivity index (χ1n) is 6.32. The average molecular weight is 242 g/mol. The Morgan fingerprint density at radius 3 is 3.00 bits per heavy atom. The Kier molecular flexibility index (Phi) is 2.89. The minimum Gasteiger partial charge on any atom is -0.275 e. The summed E-state index contributed by atoms with van der Waals surface area (Å²) in [5, 5.41) is 4.23. The van der Waals surface area contributed by atoms with E-state index in [9.17, 15) is 0 Å². The largest absolute Gasteiger partial charge is 0.275 e. The molecule has 4 heteroatoms. The van der Waals surface area contributed by atoms with E-state index in [1.807, 2.05) is 24.1 Å². The normalized spacial score (nSPS) is 19.8. The number of nitrogens with one attached hydrogen (secondary N) is 1. The second kappa shape index (κ2) is 4.55. The molecule has 1 aliphatic carbocycles. The molecule has 18 heavy (non-hydrogen) atoms. The Hall–Kier alpha value is -1.65. The van der Waals surface area contributed by atoms with Crippen LogP contribution in [0.1, 0.15) is 35.1 Å². The zero-order valence-electron chi connectivity index (χ0n) is 10.5. The molecule has 0 bridgehead atoms. The number of nitrogens with zero attached hydrogens (tertiary/aromatic N) is 2. The SMILES string of the molecule is Cn1cc(C(NN)C2CCc3ccccc32)cn1. The molecular weight excluding hydrogens is 224 g/mol. The molecule has 0 amide bonds. The molecule has 1 heterocycles. The minimum absolute atomic E-state index is 0.141. The van der Waals surface area contributed by atoms with Crippen LogP contribution in [0, 0.1) is 0 Å². The van der Waals surface area contributed by atoms with Crippen molar-refractivity contribution in [3.8, 4) is 0 Å². The van der Waals surface area contributed by atoms with E-state index in [1.54, 1.807) is 0 Å². The number of benzene rings is 1. The summed E-state index contributed by atoms with van der Waals surface area (Å²) in [6.45, 7) is 0. The molecule has 0 saturated heterocycles. The van der Waals surface area contributed by atoms with Crippen LogP contribution in [-0.4, -0.2) is 9.78 Å². The highest BCUT2D eigenvalue weighted by molar-refractivity contribution is 5.37. The van der Waals surface area contributed by atoms with Crippen LogP contribution in [0.3, 0.4) is 0 Å². The van der Waals surface area contributed by atoms with E-state index in [-0.39, 0.29) is 6.04 Å². The third-order valence-corrected chi connectivity index (χ3v) is 3.85. The standard InChI is InChI=1S/C14H18N4/c1-18-9-11(8-16-18)14(17-15)13-7-6-10-4-2-3-5-12(10)13/h2-5,8-9,13-14,17H,6-7,15H2,1H3. The van der Waals surface area contributed by atoms with Crippen LogP contribution < -0.4 is 11.3 Å². The predicted molar refractivity (Wildman–Crippen MR) is 70.8 cm³/mol. The van der Waals surface area contributed by atoms with Gasteiger partial charge in [-0.1, -0.05) is 24.3 Å². The molecule has 2 aromatic rings. The monoisotopic (exact) mass is 242 g/mol. The van der Waals surface area contributed by atoms with E-state index in [1.165, 1.54) is 11.1 Å². The maximum Gasteiger partial charge on any atom is 0.0559 e. The van der Waals surface area contributed by atoms with Gasteiger partial charge < -0.3 is 0 Å². The molecule has 1 aromatic carbocycles. The smallest absolute Gasteiger partial charge is 0.0559 e. The van der Waals surface area contributed by atoms with Gasteiger partial charge in [0, 0.05) is 24.7 Å². The third-order valence-electron chi connectivity index (χ3n) is 3.85. The van der Waals surface area contributed by atoms with Gasteiger partial charge in [0.2, 0.25) is 0 Å². The topological polar surface area (TPSA) is 55.9 Å². The number of hydrogen-bond acceptors (Lipinski definition) is 3. The van der Waals surface area contributed by atoms with Crippen molar-refractivity contribution in [3.63, 3.8) is 0 Å². The summed E-state index contributed by atoms with van der Waals surface area (Å²) in [7, 11) is 1.93. The maximum atomic E-state index is 5.76. The molecule has 3 N–H and O–H groups in total. The van der Waals surface area contributed by atoms with Crippen molar-refractivity contribution in [1.82, 2.24) is 15.2 Å². The van der Waals surface area contributed by atoms with Crippen LogP contribution in [0.15, 0.2) is 36.7 Å². The highest BCUT2D eigenvalue weighted by Gasteiger charge is 2.30. The maximum absolute atomic E-state index is 5.76. The fourth-order valence-corrected chi connectivity index (χ4v) is 2.98. The van der Waals surface area contributed by atoms with E-state index >= 15 is 0 Å². The Morgan fingerprint density at radius 2 is 2.28 bits per heavy atom. The number of hydrogen-bond donors (Lipinski definition) is 2. The minimum atomic E-state index is 0.141. The average Bonchev–Trinajstić information content (AvgIpc) is 2.98. The first-order valence-corrected chi connectivity index (χ1v) is 6.32. The number of fused-ring (bicyclic) bond motifs is 1. The van der Waals surface area contributed by atoms with Gasteiger partial charge in [-0.05, 0) is 24.0 Å². The van der Waals surface area contributed by atoms with Crippen LogP contribution in [0.4, 0.5) is 0 Å². The summed E-state index contributed by atoms with van der Waals surface area (Å²) in [6, 6.07) is 8.78. The van der Waals surface area contributed by atoms with Crippen LogP contribution in [0.5, 0.6) is 0 Å². The molecule has 0 fully saturated rings. The Balaban J connectivity index is 1.95. The highest BCUT2D eigenvalue weighted by Crippen LogP contribution is 2.40. The zero-order chi connectivity index (χ0) is 12.5. The lowest BCUT2D eigenvalue weighted by Crippen LogP contribution is -2.31. The second-order valence-corrected chi connectivity index (χ2v) is 4.94. The van der Waals surface area contributed by atoms with Gasteiger partial charge in [-0.15, -0.1) is 0 Å². The highest BCUT2D eigenvalue weighted by atomic mass is 15.3. The Bertz CT molecular complexity index is 546. The number of nitrogens with two attached hydrogens (primary N) is 1. The van der Waals surface area contributed by atoms with Gasteiger partial charge in [-0.3, -0.25) is 16.0 Å². The van der Waals surface area contributed by atoms with Crippen LogP contribution >= 0.6 is 0 Å². The molecule has 0 aliphatic heterocycles. The first-order chi connectivity index (χ1) is 8.79. The van der Waals surface area contributed by atoms with Crippen LogP contribution in [0.2, 0.25) is 0 Å². The van der Waals surface area contributed by atoms with Gasteiger partial charge in [0.25, 0.3) is 0 Å². The van der Waals surface area contributed by atoms with Gasteiger partial charge in [0.15, 0.2) is 0 Å². The van der Waals surface area contributed by atoms with Gasteiger partial charge in [0.1, 0.15) is 0 Å². The number of rotatable bonds is 3. The lowest BCUT2D eigenvalue weighted by Gasteiger charge is -2.22. The molecule has 94 valence electrons. The molecule has 3 rings (SSSR count). The Labute approximate surface area is 107 Å². The van der Waals surface area contributed by atoms with Crippen LogP contribution in [-0.2, 0) is 13.5 Å². The number of aromatic nitrogens is 2. The molecule has 4 nitrogen and oxygen atoms in total. The van der Waals surface area contributed by atoms with E-state index in [0.29, 0.717) is 5.92 Å². The zero-order valence-corrected chi connectivity index (χ0v) is 10.5. The summed E-state index contributed by atoms with van der Waals surface area (Å²) in [6.07, 6.45) is 6.21. The predicted octanol–water partition coefficient (Wildman–Crippen LogP) is 1.65. The molecular formula is C14H18N4. The number of aryl methyl sites for hydroxylation is 2.